The van der Waals surface area contributed by atoms with Crippen LogP contribution >= 0.6 is 43.6 Å². The summed E-state index contributed by atoms with van der Waals surface area (Å²) in [6.07, 6.45) is 0. The lowest BCUT2D eigenvalue weighted by molar-refractivity contribution is -0.113. The molecule has 3 rings (SSSR count). The molecular weight excluding hydrogens is 470 g/mol. The number of carbonyl (C=O) groups excluding carboxylic acids is 1. The van der Waals surface area contributed by atoms with Gasteiger partial charge in [-0.3, -0.25) is 4.79 Å². The molecule has 0 spiro atoms. The maximum Gasteiger partial charge on any atom is 0.277 e. The van der Waals surface area contributed by atoms with Crippen LogP contribution in [0.3, 0.4) is 0 Å². The fraction of sp³-hybridized carbons (Fsp3) is 0.118. The Morgan fingerprint density at radius 3 is 2.64 bits per heavy atom. The van der Waals surface area contributed by atoms with Crippen LogP contribution in [0.1, 0.15) is 5.56 Å². The first kappa shape index (κ1) is 18.2. The molecule has 0 saturated carbocycles. The second-order valence-corrected chi connectivity index (χ2v) is 7.88. The molecule has 0 fully saturated rings. The first-order valence-corrected chi connectivity index (χ1v) is 9.86. The monoisotopic (exact) mass is 481 g/mol. The Kier molecular flexibility index (Phi) is 5.93. The lowest BCUT2D eigenvalue weighted by Gasteiger charge is -2.06. The van der Waals surface area contributed by atoms with Gasteiger partial charge in [0.15, 0.2) is 0 Å². The lowest BCUT2D eigenvalue weighted by atomic mass is 10.2. The van der Waals surface area contributed by atoms with Gasteiger partial charge < -0.3 is 9.73 Å². The number of benzene rings is 2. The Morgan fingerprint density at radius 1 is 1.16 bits per heavy atom. The number of aromatic nitrogens is 2. The number of rotatable bonds is 5. The second kappa shape index (κ2) is 8.16. The summed E-state index contributed by atoms with van der Waals surface area (Å²) in [4.78, 5) is 12.1. The molecular formula is C17H13Br2N3O2S. The first-order valence-electron chi connectivity index (χ1n) is 7.29. The number of nitrogens with one attached hydrogen (secondary N) is 1. The van der Waals surface area contributed by atoms with E-state index in [0.29, 0.717) is 11.1 Å². The number of hydrogen-bond acceptors (Lipinski definition) is 5. The van der Waals surface area contributed by atoms with Crippen LogP contribution in [0.15, 0.2) is 61.0 Å². The van der Waals surface area contributed by atoms with Crippen molar-refractivity contribution >= 4 is 55.2 Å². The number of nitrogens with zero attached hydrogens (tertiary/aromatic N) is 2. The zero-order chi connectivity index (χ0) is 17.8. The molecule has 2 aromatic carbocycles. The lowest BCUT2D eigenvalue weighted by Crippen LogP contribution is -2.14. The Balaban J connectivity index is 1.57. The fourth-order valence-electron chi connectivity index (χ4n) is 1.97. The van der Waals surface area contributed by atoms with E-state index < -0.39 is 0 Å². The highest BCUT2D eigenvalue weighted by molar-refractivity contribution is 9.10. The Morgan fingerprint density at radius 2 is 1.92 bits per heavy atom. The van der Waals surface area contributed by atoms with Crippen molar-refractivity contribution in [3.63, 3.8) is 0 Å². The third kappa shape index (κ3) is 4.93. The zero-order valence-electron chi connectivity index (χ0n) is 13.1. The molecule has 1 aromatic heterocycles. The van der Waals surface area contributed by atoms with Crippen LogP contribution in [-0.2, 0) is 4.79 Å². The average Bonchev–Trinajstić information content (AvgIpc) is 3.06. The first-order chi connectivity index (χ1) is 12.0. The van der Waals surface area contributed by atoms with Crippen molar-refractivity contribution in [1.82, 2.24) is 10.2 Å². The highest BCUT2D eigenvalue weighted by atomic mass is 79.9. The quantitative estimate of drug-likeness (QED) is 0.499. The van der Waals surface area contributed by atoms with E-state index in [2.05, 4.69) is 47.4 Å². The molecule has 25 heavy (non-hydrogen) atoms. The van der Waals surface area contributed by atoms with Crippen molar-refractivity contribution in [2.75, 3.05) is 11.1 Å². The molecule has 0 bridgehead atoms. The summed E-state index contributed by atoms with van der Waals surface area (Å²) in [6.45, 7) is 1.99. The number of hydrogen-bond donors (Lipinski definition) is 1. The van der Waals surface area contributed by atoms with Crippen LogP contribution < -0.4 is 5.32 Å². The number of carbonyl (C=O) groups is 1. The average molecular weight is 483 g/mol. The molecule has 0 unspecified atom stereocenters. The molecule has 1 amide bonds. The summed E-state index contributed by atoms with van der Waals surface area (Å²) < 4.78 is 7.51. The van der Waals surface area contributed by atoms with Crippen molar-refractivity contribution in [3.05, 3.63) is 57.0 Å². The molecule has 0 atom stereocenters. The van der Waals surface area contributed by atoms with E-state index in [4.69, 9.17) is 4.42 Å². The van der Waals surface area contributed by atoms with Crippen molar-refractivity contribution in [3.8, 4) is 11.5 Å². The van der Waals surface area contributed by atoms with Gasteiger partial charge in [0.25, 0.3) is 5.22 Å². The largest absolute Gasteiger partial charge is 0.411 e. The number of amides is 1. The van der Waals surface area contributed by atoms with Crippen molar-refractivity contribution in [1.29, 1.82) is 0 Å². The van der Waals surface area contributed by atoms with Crippen LogP contribution in [0.4, 0.5) is 5.69 Å². The normalized spacial score (nSPS) is 10.7. The smallest absolute Gasteiger partial charge is 0.277 e. The van der Waals surface area contributed by atoms with Crippen LogP contribution in [0.25, 0.3) is 11.5 Å². The maximum atomic E-state index is 12.1. The van der Waals surface area contributed by atoms with Gasteiger partial charge in [-0.2, -0.15) is 0 Å². The van der Waals surface area contributed by atoms with Gasteiger partial charge in [-0.05, 0) is 48.9 Å². The Bertz CT molecular complexity index is 897. The highest BCUT2D eigenvalue weighted by Crippen LogP contribution is 2.25. The number of aryl methyl sites for hydroxylation is 1. The molecule has 1 N–H and O–H groups in total. The van der Waals surface area contributed by atoms with E-state index in [9.17, 15) is 4.79 Å². The molecule has 1 heterocycles. The molecule has 3 aromatic rings. The van der Waals surface area contributed by atoms with E-state index in [1.165, 1.54) is 11.8 Å². The molecule has 0 radical (unpaired) electrons. The maximum absolute atomic E-state index is 12.1. The zero-order valence-corrected chi connectivity index (χ0v) is 17.1. The highest BCUT2D eigenvalue weighted by Gasteiger charge is 2.11. The standard InChI is InChI=1S/C17H13Br2N3O2S/c1-10-2-7-13(8-14(10)19)20-15(23)9-25-17-22-21-16(24-17)11-3-5-12(18)6-4-11/h2-8H,9H2,1H3,(H,20,23). The van der Waals surface area contributed by atoms with Crippen LogP contribution in [0.2, 0.25) is 0 Å². The fourth-order valence-corrected chi connectivity index (χ4v) is 3.18. The van der Waals surface area contributed by atoms with Crippen molar-refractivity contribution < 1.29 is 9.21 Å². The number of anilines is 1. The van der Waals surface area contributed by atoms with E-state index >= 15 is 0 Å². The SMILES string of the molecule is Cc1ccc(NC(=O)CSc2nnc(-c3ccc(Br)cc3)o2)cc1Br. The predicted octanol–water partition coefficient (Wildman–Crippen LogP) is 5.30. The third-order valence-electron chi connectivity index (χ3n) is 3.28. The second-order valence-electron chi connectivity index (χ2n) is 5.18. The van der Waals surface area contributed by atoms with Gasteiger partial charge >= 0.3 is 0 Å². The van der Waals surface area contributed by atoms with Gasteiger partial charge in [0.2, 0.25) is 11.8 Å². The number of halogens is 2. The third-order valence-corrected chi connectivity index (χ3v) is 5.48. The van der Waals surface area contributed by atoms with Crippen molar-refractivity contribution in [2.24, 2.45) is 0 Å². The predicted molar refractivity (Wildman–Crippen MR) is 106 cm³/mol. The molecule has 128 valence electrons. The molecule has 5 nitrogen and oxygen atoms in total. The van der Waals surface area contributed by atoms with Crippen LogP contribution in [-0.4, -0.2) is 21.9 Å². The van der Waals surface area contributed by atoms with Gasteiger partial charge in [-0.25, -0.2) is 0 Å². The summed E-state index contributed by atoms with van der Waals surface area (Å²) in [5.41, 5.74) is 2.68. The van der Waals surface area contributed by atoms with Gasteiger partial charge in [0, 0.05) is 20.2 Å². The van der Waals surface area contributed by atoms with Gasteiger partial charge in [-0.15, -0.1) is 10.2 Å². The summed E-state index contributed by atoms with van der Waals surface area (Å²) >= 11 is 8.03. The van der Waals surface area contributed by atoms with Gasteiger partial charge in [0.05, 0.1) is 5.75 Å². The molecule has 0 aliphatic heterocycles. The van der Waals surface area contributed by atoms with Crippen LogP contribution in [0, 0.1) is 6.92 Å². The summed E-state index contributed by atoms with van der Waals surface area (Å²) in [5, 5.41) is 11.2. The topological polar surface area (TPSA) is 68.0 Å². The molecule has 0 aliphatic rings. The Hall–Kier alpha value is -1.64. The Labute approximate surface area is 165 Å². The minimum Gasteiger partial charge on any atom is -0.411 e. The van der Waals surface area contributed by atoms with E-state index in [0.717, 1.165) is 25.8 Å². The number of thioether (sulfide) groups is 1. The molecule has 0 saturated heterocycles. The minimum absolute atomic E-state index is 0.135. The molecule has 0 aliphatic carbocycles. The van der Waals surface area contributed by atoms with Crippen LogP contribution in [0.5, 0.6) is 0 Å². The van der Waals surface area contributed by atoms with E-state index in [1.807, 2.05) is 49.4 Å². The summed E-state index contributed by atoms with van der Waals surface area (Å²) in [7, 11) is 0. The van der Waals surface area contributed by atoms with E-state index in [1.54, 1.807) is 0 Å². The summed E-state index contributed by atoms with van der Waals surface area (Å²) in [5.74, 6) is 0.481. The van der Waals surface area contributed by atoms with Crippen molar-refractivity contribution in [2.45, 2.75) is 12.1 Å². The molecule has 8 heteroatoms. The summed E-state index contributed by atoms with van der Waals surface area (Å²) in [6, 6.07) is 13.2. The minimum atomic E-state index is -0.135. The van der Waals surface area contributed by atoms with Gasteiger partial charge in [0.1, 0.15) is 0 Å². The van der Waals surface area contributed by atoms with Gasteiger partial charge in [-0.1, -0.05) is 49.7 Å². The van der Waals surface area contributed by atoms with E-state index in [-0.39, 0.29) is 11.7 Å².